The normalized spacial score (nSPS) is 18.2. The minimum absolute atomic E-state index is 0.125. The number of ether oxygens (including phenoxy) is 1. The number of carbonyl (C=O) groups is 2. The molecular weight excluding hydrogens is 410 g/mol. The van der Waals surface area contributed by atoms with E-state index in [0.717, 1.165) is 35.5 Å². The van der Waals surface area contributed by atoms with Gasteiger partial charge in [-0.3, -0.25) is 9.59 Å². The van der Waals surface area contributed by atoms with E-state index in [-0.39, 0.29) is 17.3 Å². The van der Waals surface area contributed by atoms with Crippen LogP contribution in [0.5, 0.6) is 5.75 Å². The molecule has 1 aliphatic heterocycles. The van der Waals surface area contributed by atoms with Gasteiger partial charge in [0.25, 0.3) is 11.7 Å². The predicted molar refractivity (Wildman–Crippen MR) is 125 cm³/mol. The Morgan fingerprint density at radius 2 is 1.97 bits per heavy atom. The van der Waals surface area contributed by atoms with E-state index in [0.29, 0.717) is 18.7 Å². The third-order valence-electron chi connectivity index (χ3n) is 5.56. The zero-order chi connectivity index (χ0) is 22.5. The van der Waals surface area contributed by atoms with Crippen LogP contribution >= 0.6 is 11.3 Å². The Morgan fingerprint density at radius 3 is 2.58 bits per heavy atom. The number of hydrogen-bond acceptors (Lipinski definition) is 5. The number of ketones is 1. The molecule has 1 saturated heterocycles. The number of amides is 1. The van der Waals surface area contributed by atoms with Gasteiger partial charge in [0.2, 0.25) is 0 Å². The maximum atomic E-state index is 13.0. The van der Waals surface area contributed by atoms with Crippen molar-refractivity contribution in [2.24, 2.45) is 0 Å². The molecule has 1 aromatic carbocycles. The van der Waals surface area contributed by atoms with Crippen LogP contribution in [-0.2, 0) is 9.59 Å². The van der Waals surface area contributed by atoms with Crippen molar-refractivity contribution in [1.82, 2.24) is 4.90 Å². The summed E-state index contributed by atoms with van der Waals surface area (Å²) in [6.07, 6.45) is 2.83. The maximum absolute atomic E-state index is 13.0. The summed E-state index contributed by atoms with van der Waals surface area (Å²) in [5.41, 5.74) is 1.65. The number of nitrogens with zero attached hydrogens (tertiary/aromatic N) is 1. The Morgan fingerprint density at radius 1 is 1.19 bits per heavy atom. The minimum atomic E-state index is -0.618. The lowest BCUT2D eigenvalue weighted by Gasteiger charge is -2.24. The van der Waals surface area contributed by atoms with Gasteiger partial charge in [0.05, 0.1) is 18.2 Å². The maximum Gasteiger partial charge on any atom is 0.295 e. The number of hydrogen-bond donors (Lipinski definition) is 1. The number of benzene rings is 1. The first-order chi connectivity index (χ1) is 14.9. The first kappa shape index (κ1) is 23.1. The molecule has 0 saturated carbocycles. The molecule has 1 N–H and O–H groups in total. The number of carbonyl (C=O) groups excluding carboxylic acids is 2. The van der Waals surface area contributed by atoms with Gasteiger partial charge in [-0.05, 0) is 54.5 Å². The number of Topliss-reactive ketones (excluding diaryl/α,β-unsaturated/α-hetero) is 1. The highest BCUT2D eigenvalue weighted by atomic mass is 32.1. The monoisotopic (exact) mass is 441 g/mol. The van der Waals surface area contributed by atoms with E-state index in [2.05, 4.69) is 20.8 Å². The van der Waals surface area contributed by atoms with Crippen LogP contribution in [0.2, 0.25) is 0 Å². The molecule has 0 aliphatic carbocycles. The fraction of sp³-hybridized carbons (Fsp3) is 0.440. The van der Waals surface area contributed by atoms with Crippen molar-refractivity contribution in [3.05, 3.63) is 57.3 Å². The molecule has 1 fully saturated rings. The number of aliphatic hydroxyl groups is 1. The number of rotatable bonds is 9. The Bertz CT molecular complexity index is 962. The summed E-state index contributed by atoms with van der Waals surface area (Å²) in [6, 6.07) is 8.71. The summed E-state index contributed by atoms with van der Waals surface area (Å²) in [4.78, 5) is 28.4. The average molecular weight is 442 g/mol. The minimum Gasteiger partial charge on any atom is -0.507 e. The first-order valence-electron chi connectivity index (χ1n) is 11.0. The van der Waals surface area contributed by atoms with Crippen molar-refractivity contribution in [2.75, 3.05) is 13.2 Å². The molecule has 5 nitrogen and oxygen atoms in total. The van der Waals surface area contributed by atoms with Crippen LogP contribution < -0.4 is 4.74 Å². The topological polar surface area (TPSA) is 66.8 Å². The SMILES string of the molecule is CCCCCN1C(=O)C(=O)/C(=C(\O)c2ccc(OCC)c(C(C)C)c2)C1c1cccs1. The van der Waals surface area contributed by atoms with E-state index < -0.39 is 17.7 Å². The summed E-state index contributed by atoms with van der Waals surface area (Å²) < 4.78 is 5.72. The van der Waals surface area contributed by atoms with E-state index in [1.54, 1.807) is 11.0 Å². The molecule has 6 heteroatoms. The molecule has 31 heavy (non-hydrogen) atoms. The highest BCUT2D eigenvalue weighted by molar-refractivity contribution is 7.10. The average Bonchev–Trinajstić information content (AvgIpc) is 3.36. The van der Waals surface area contributed by atoms with E-state index in [1.807, 2.05) is 36.6 Å². The van der Waals surface area contributed by atoms with E-state index in [1.165, 1.54) is 11.3 Å². The van der Waals surface area contributed by atoms with Crippen molar-refractivity contribution < 1.29 is 19.4 Å². The lowest BCUT2D eigenvalue weighted by molar-refractivity contribution is -0.139. The van der Waals surface area contributed by atoms with Crippen LogP contribution in [0.4, 0.5) is 0 Å². The molecule has 1 unspecified atom stereocenters. The van der Waals surface area contributed by atoms with Gasteiger partial charge in [-0.2, -0.15) is 0 Å². The van der Waals surface area contributed by atoms with Crippen LogP contribution in [0.1, 0.15) is 74.9 Å². The van der Waals surface area contributed by atoms with Gasteiger partial charge in [-0.1, -0.05) is 39.7 Å². The molecule has 3 rings (SSSR count). The number of thiophene rings is 1. The Hall–Kier alpha value is -2.60. The Kier molecular flexibility index (Phi) is 7.55. The van der Waals surface area contributed by atoms with Crippen molar-refractivity contribution in [3.63, 3.8) is 0 Å². The molecule has 0 spiro atoms. The largest absolute Gasteiger partial charge is 0.507 e. The number of likely N-dealkylation sites (tertiary alicyclic amines) is 1. The van der Waals surface area contributed by atoms with E-state index in [9.17, 15) is 14.7 Å². The first-order valence-corrected chi connectivity index (χ1v) is 11.9. The van der Waals surface area contributed by atoms with E-state index in [4.69, 9.17) is 4.74 Å². The van der Waals surface area contributed by atoms with Gasteiger partial charge in [0.15, 0.2) is 0 Å². The zero-order valence-electron chi connectivity index (χ0n) is 18.7. The van der Waals surface area contributed by atoms with Crippen molar-refractivity contribution >= 4 is 28.8 Å². The van der Waals surface area contributed by atoms with Gasteiger partial charge in [-0.25, -0.2) is 0 Å². The van der Waals surface area contributed by atoms with Gasteiger partial charge >= 0.3 is 0 Å². The zero-order valence-corrected chi connectivity index (χ0v) is 19.5. The Labute approximate surface area is 188 Å². The number of aliphatic hydroxyl groups excluding tert-OH is 1. The third kappa shape index (κ3) is 4.69. The van der Waals surface area contributed by atoms with Crippen LogP contribution in [0.3, 0.4) is 0 Å². The molecule has 1 amide bonds. The van der Waals surface area contributed by atoms with Gasteiger partial charge < -0.3 is 14.7 Å². The second-order valence-corrected chi connectivity index (χ2v) is 9.03. The fourth-order valence-corrected chi connectivity index (χ4v) is 4.82. The molecule has 1 aromatic heterocycles. The van der Waals surface area contributed by atoms with Crippen molar-refractivity contribution in [3.8, 4) is 5.75 Å². The van der Waals surface area contributed by atoms with Crippen LogP contribution in [0.25, 0.3) is 5.76 Å². The molecule has 2 aromatic rings. The second-order valence-electron chi connectivity index (χ2n) is 8.06. The lowest BCUT2D eigenvalue weighted by atomic mass is 9.95. The highest BCUT2D eigenvalue weighted by Gasteiger charge is 2.46. The van der Waals surface area contributed by atoms with Crippen molar-refractivity contribution in [1.29, 1.82) is 0 Å². The summed E-state index contributed by atoms with van der Waals surface area (Å²) in [5, 5.41) is 13.2. The second kappa shape index (κ2) is 10.1. The quantitative estimate of drug-likeness (QED) is 0.228. The van der Waals surface area contributed by atoms with Gasteiger partial charge in [0, 0.05) is 17.0 Å². The molecule has 2 heterocycles. The summed E-state index contributed by atoms with van der Waals surface area (Å²) in [6.45, 7) is 9.19. The fourth-order valence-electron chi connectivity index (χ4n) is 3.97. The Balaban J connectivity index is 2.10. The standard InChI is InChI=1S/C25H31NO4S/c1-5-7-8-13-26-22(20-10-9-14-31-20)21(24(28)25(26)29)23(27)17-11-12-19(30-6-2)18(15-17)16(3)4/h9-12,14-16,22,27H,5-8,13H2,1-4H3/b23-21-. The van der Waals surface area contributed by atoms with Crippen LogP contribution in [-0.4, -0.2) is 34.8 Å². The van der Waals surface area contributed by atoms with E-state index >= 15 is 0 Å². The van der Waals surface area contributed by atoms with Crippen LogP contribution in [0.15, 0.2) is 41.3 Å². The summed E-state index contributed by atoms with van der Waals surface area (Å²) in [7, 11) is 0. The molecule has 166 valence electrons. The smallest absolute Gasteiger partial charge is 0.295 e. The van der Waals surface area contributed by atoms with Gasteiger partial charge in [0.1, 0.15) is 11.5 Å². The van der Waals surface area contributed by atoms with Gasteiger partial charge in [-0.15, -0.1) is 11.3 Å². The third-order valence-corrected chi connectivity index (χ3v) is 6.49. The predicted octanol–water partition coefficient (Wildman–Crippen LogP) is 5.88. The number of unbranched alkanes of at least 4 members (excludes halogenated alkanes) is 2. The molecule has 1 atom stereocenters. The molecule has 0 bridgehead atoms. The van der Waals surface area contributed by atoms with Crippen molar-refractivity contribution in [2.45, 2.75) is 58.9 Å². The van der Waals surface area contributed by atoms with Crippen LogP contribution in [0, 0.1) is 0 Å². The lowest BCUT2D eigenvalue weighted by Crippen LogP contribution is -2.30. The summed E-state index contributed by atoms with van der Waals surface area (Å²) >= 11 is 1.49. The highest BCUT2D eigenvalue weighted by Crippen LogP contribution is 2.42. The molecular formula is C25H31NO4S. The summed E-state index contributed by atoms with van der Waals surface area (Å²) in [5.74, 6) is -0.333. The molecule has 0 radical (unpaired) electrons. The molecule has 1 aliphatic rings.